The topological polar surface area (TPSA) is 44.2 Å². The highest BCUT2D eigenvalue weighted by Crippen LogP contribution is 2.13. The predicted octanol–water partition coefficient (Wildman–Crippen LogP) is 2.13. The molecule has 2 rings (SSSR count). The normalized spacial score (nSPS) is 20.2. The molecule has 0 aliphatic carbocycles. The molecular weight excluding hydrogens is 228 g/mol. The van der Waals surface area contributed by atoms with E-state index >= 15 is 0 Å². The van der Waals surface area contributed by atoms with Crippen LogP contribution in [0, 0.1) is 6.92 Å². The maximum absolute atomic E-state index is 5.82. The molecule has 1 aliphatic heterocycles. The van der Waals surface area contributed by atoms with Gasteiger partial charge in [-0.2, -0.15) is 0 Å². The van der Waals surface area contributed by atoms with Gasteiger partial charge >= 0.3 is 0 Å². The van der Waals surface area contributed by atoms with Gasteiger partial charge in [0.2, 0.25) is 0 Å². The van der Waals surface area contributed by atoms with Crippen molar-refractivity contribution in [1.29, 1.82) is 0 Å². The van der Waals surface area contributed by atoms with Crippen molar-refractivity contribution < 1.29 is 9.47 Å². The first-order valence-electron chi connectivity index (χ1n) is 5.43. The summed E-state index contributed by atoms with van der Waals surface area (Å²) in [6, 6.07) is 1.73. The van der Waals surface area contributed by atoms with E-state index in [4.69, 9.17) is 21.1 Å². The molecular formula is C11H15ClN2O2. The largest absolute Gasteiger partial charge is 0.376 e. The molecule has 88 valence electrons. The lowest BCUT2D eigenvalue weighted by atomic mass is 10.2. The number of hydrogen-bond acceptors (Lipinski definition) is 4. The molecule has 0 amide bonds. The molecule has 5 heteroatoms. The van der Waals surface area contributed by atoms with Crippen molar-refractivity contribution in [3.8, 4) is 0 Å². The molecule has 0 saturated carbocycles. The zero-order valence-corrected chi connectivity index (χ0v) is 10.0. The van der Waals surface area contributed by atoms with Gasteiger partial charge in [0.15, 0.2) is 5.82 Å². The van der Waals surface area contributed by atoms with E-state index in [1.165, 1.54) is 0 Å². The van der Waals surface area contributed by atoms with E-state index in [1.54, 1.807) is 6.07 Å². The predicted molar refractivity (Wildman–Crippen MR) is 60.4 cm³/mol. The zero-order chi connectivity index (χ0) is 11.4. The van der Waals surface area contributed by atoms with Crippen molar-refractivity contribution in [1.82, 2.24) is 9.97 Å². The molecule has 0 spiro atoms. The van der Waals surface area contributed by atoms with Crippen molar-refractivity contribution in [2.45, 2.75) is 32.5 Å². The fraction of sp³-hybridized carbons (Fsp3) is 0.636. The Morgan fingerprint density at radius 3 is 3.12 bits per heavy atom. The molecule has 1 unspecified atom stereocenters. The summed E-state index contributed by atoms with van der Waals surface area (Å²) < 4.78 is 11.0. The van der Waals surface area contributed by atoms with E-state index in [0.717, 1.165) is 25.1 Å². The van der Waals surface area contributed by atoms with Crippen molar-refractivity contribution in [2.24, 2.45) is 0 Å². The minimum Gasteiger partial charge on any atom is -0.376 e. The SMILES string of the molecule is Cc1cc(Cl)nc(COCC2CCCO2)n1. The Balaban J connectivity index is 1.80. The first-order chi connectivity index (χ1) is 7.74. The quantitative estimate of drug-likeness (QED) is 0.759. The number of aryl methyl sites for hydroxylation is 1. The summed E-state index contributed by atoms with van der Waals surface area (Å²) in [7, 11) is 0. The van der Waals surface area contributed by atoms with Crippen LogP contribution >= 0.6 is 11.6 Å². The molecule has 16 heavy (non-hydrogen) atoms. The lowest BCUT2D eigenvalue weighted by molar-refractivity contribution is 0.00860. The van der Waals surface area contributed by atoms with Gasteiger partial charge in [-0.05, 0) is 25.8 Å². The lowest BCUT2D eigenvalue weighted by Gasteiger charge is -2.09. The fourth-order valence-electron chi connectivity index (χ4n) is 1.71. The highest BCUT2D eigenvalue weighted by molar-refractivity contribution is 6.29. The first-order valence-corrected chi connectivity index (χ1v) is 5.81. The van der Waals surface area contributed by atoms with Gasteiger partial charge in [0, 0.05) is 12.3 Å². The molecule has 2 heterocycles. The van der Waals surface area contributed by atoms with Gasteiger partial charge in [0.1, 0.15) is 11.8 Å². The van der Waals surface area contributed by atoms with Crippen LogP contribution in [0.5, 0.6) is 0 Å². The van der Waals surface area contributed by atoms with Crippen molar-refractivity contribution in [3.63, 3.8) is 0 Å². The minimum atomic E-state index is 0.236. The first kappa shape index (κ1) is 11.8. The Morgan fingerprint density at radius 1 is 1.56 bits per heavy atom. The average molecular weight is 243 g/mol. The standard InChI is InChI=1S/C11H15ClN2O2/c1-8-5-10(12)14-11(13-8)7-15-6-9-3-2-4-16-9/h5,9H,2-4,6-7H2,1H3. The van der Waals surface area contributed by atoms with Gasteiger partial charge in [0.05, 0.1) is 12.7 Å². The summed E-state index contributed by atoms with van der Waals surface area (Å²) in [6.45, 7) is 3.73. The van der Waals surface area contributed by atoms with Crippen LogP contribution in [-0.4, -0.2) is 29.3 Å². The Labute approximate surface area is 99.9 Å². The molecule has 0 radical (unpaired) electrons. The number of ether oxygens (including phenoxy) is 2. The van der Waals surface area contributed by atoms with Crippen LogP contribution in [0.25, 0.3) is 0 Å². The smallest absolute Gasteiger partial charge is 0.155 e. The van der Waals surface area contributed by atoms with Crippen LogP contribution < -0.4 is 0 Å². The van der Waals surface area contributed by atoms with Crippen LogP contribution in [0.2, 0.25) is 5.15 Å². The summed E-state index contributed by atoms with van der Waals surface area (Å²) in [4.78, 5) is 8.32. The molecule has 1 saturated heterocycles. The van der Waals surface area contributed by atoms with Gasteiger partial charge in [0.25, 0.3) is 0 Å². The Morgan fingerprint density at radius 2 is 2.44 bits per heavy atom. The summed E-state index contributed by atoms with van der Waals surface area (Å²) in [5, 5.41) is 0.461. The number of nitrogens with zero attached hydrogens (tertiary/aromatic N) is 2. The molecule has 1 atom stereocenters. The van der Waals surface area contributed by atoms with Crippen LogP contribution in [-0.2, 0) is 16.1 Å². The molecule has 1 aromatic heterocycles. The van der Waals surface area contributed by atoms with Crippen LogP contribution in [0.3, 0.4) is 0 Å². The molecule has 0 aromatic carbocycles. The second-order valence-electron chi connectivity index (χ2n) is 3.90. The van der Waals surface area contributed by atoms with E-state index in [2.05, 4.69) is 9.97 Å². The average Bonchev–Trinajstić information content (AvgIpc) is 2.69. The molecule has 4 nitrogen and oxygen atoms in total. The van der Waals surface area contributed by atoms with Crippen LogP contribution in [0.15, 0.2) is 6.07 Å². The fourth-order valence-corrected chi connectivity index (χ4v) is 1.97. The number of aromatic nitrogens is 2. The molecule has 1 aliphatic rings. The number of hydrogen-bond donors (Lipinski definition) is 0. The number of rotatable bonds is 4. The highest BCUT2D eigenvalue weighted by Gasteiger charge is 2.15. The van der Waals surface area contributed by atoms with E-state index in [0.29, 0.717) is 24.2 Å². The molecule has 1 aromatic rings. The molecule has 0 N–H and O–H groups in total. The summed E-state index contributed by atoms with van der Waals surface area (Å²) in [5.74, 6) is 0.628. The maximum atomic E-state index is 5.82. The summed E-state index contributed by atoms with van der Waals surface area (Å²) in [6.07, 6.45) is 2.44. The third-order valence-corrected chi connectivity index (χ3v) is 2.62. The van der Waals surface area contributed by atoms with E-state index < -0.39 is 0 Å². The lowest BCUT2D eigenvalue weighted by Crippen LogP contribution is -2.14. The third kappa shape index (κ3) is 3.40. The second kappa shape index (κ2) is 5.57. The van der Waals surface area contributed by atoms with Crippen LogP contribution in [0.4, 0.5) is 0 Å². The summed E-state index contributed by atoms with van der Waals surface area (Å²) >= 11 is 5.82. The van der Waals surface area contributed by atoms with Gasteiger partial charge in [-0.1, -0.05) is 11.6 Å². The van der Waals surface area contributed by atoms with Crippen LogP contribution in [0.1, 0.15) is 24.4 Å². The zero-order valence-electron chi connectivity index (χ0n) is 9.28. The van der Waals surface area contributed by atoms with E-state index in [9.17, 15) is 0 Å². The monoisotopic (exact) mass is 242 g/mol. The van der Waals surface area contributed by atoms with Crippen molar-refractivity contribution >= 4 is 11.6 Å². The summed E-state index contributed by atoms with van der Waals surface area (Å²) in [5.41, 5.74) is 0.857. The maximum Gasteiger partial charge on any atom is 0.155 e. The Kier molecular flexibility index (Phi) is 4.09. The molecule has 0 bridgehead atoms. The number of halogens is 1. The Bertz CT molecular complexity index is 334. The highest BCUT2D eigenvalue weighted by atomic mass is 35.5. The second-order valence-corrected chi connectivity index (χ2v) is 4.29. The third-order valence-electron chi connectivity index (χ3n) is 2.43. The van der Waals surface area contributed by atoms with Gasteiger partial charge in [-0.3, -0.25) is 0 Å². The Hall–Kier alpha value is -0.710. The van der Waals surface area contributed by atoms with Crippen molar-refractivity contribution in [2.75, 3.05) is 13.2 Å². The van der Waals surface area contributed by atoms with Gasteiger partial charge < -0.3 is 9.47 Å². The molecule has 1 fully saturated rings. The van der Waals surface area contributed by atoms with E-state index in [1.807, 2.05) is 6.92 Å². The van der Waals surface area contributed by atoms with Gasteiger partial charge in [-0.25, -0.2) is 9.97 Å². The minimum absolute atomic E-state index is 0.236. The van der Waals surface area contributed by atoms with Gasteiger partial charge in [-0.15, -0.1) is 0 Å². The van der Waals surface area contributed by atoms with Crippen molar-refractivity contribution in [3.05, 3.63) is 22.7 Å². The van der Waals surface area contributed by atoms with E-state index in [-0.39, 0.29) is 6.10 Å².